The average molecular weight is 225 g/mol. The zero-order valence-electron chi connectivity index (χ0n) is 9.32. The molecule has 2 heterocycles. The van der Waals surface area contributed by atoms with Crippen molar-refractivity contribution in [3.05, 3.63) is 0 Å². The van der Waals surface area contributed by atoms with Gasteiger partial charge in [0, 0.05) is 19.3 Å². The van der Waals surface area contributed by atoms with Crippen LogP contribution in [0, 0.1) is 0 Å². The van der Waals surface area contributed by atoms with Gasteiger partial charge in [-0.25, -0.2) is 0 Å². The summed E-state index contributed by atoms with van der Waals surface area (Å²) >= 11 is 0. The van der Waals surface area contributed by atoms with Gasteiger partial charge >= 0.3 is 5.97 Å². The first-order valence-electron chi connectivity index (χ1n) is 5.52. The lowest BCUT2D eigenvalue weighted by Crippen LogP contribution is -2.42. The van der Waals surface area contributed by atoms with Crippen LogP contribution < -0.4 is 0 Å². The van der Waals surface area contributed by atoms with Crippen LogP contribution in [-0.2, 0) is 19.1 Å². The molecule has 0 unspecified atom stereocenters. The van der Waals surface area contributed by atoms with Gasteiger partial charge in [0.1, 0.15) is 0 Å². The molecule has 5 nitrogen and oxygen atoms in total. The third kappa shape index (κ3) is 1.60. The predicted octanol–water partition coefficient (Wildman–Crippen LogP) is 0.621. The quantitative estimate of drug-likeness (QED) is 0.521. The van der Waals surface area contributed by atoms with E-state index < -0.39 is 0 Å². The molecule has 0 bridgehead atoms. The third-order valence-electron chi connectivity index (χ3n) is 3.60. The van der Waals surface area contributed by atoms with Gasteiger partial charge in [-0.2, -0.15) is 0 Å². The van der Waals surface area contributed by atoms with Crippen LogP contribution >= 0.6 is 0 Å². The molecular formula is C11H15NO4. The zero-order chi connectivity index (χ0) is 11.8. The maximum Gasteiger partial charge on any atom is 0.305 e. The Kier molecular flexibility index (Phi) is 2.69. The van der Waals surface area contributed by atoms with E-state index in [4.69, 9.17) is 0 Å². The van der Waals surface area contributed by atoms with Gasteiger partial charge in [0.2, 0.25) is 11.8 Å². The predicted molar refractivity (Wildman–Crippen MR) is 54.3 cm³/mol. The first kappa shape index (κ1) is 11.1. The number of carbonyl (C=O) groups is 3. The van der Waals surface area contributed by atoms with Gasteiger partial charge in [0.15, 0.2) is 0 Å². The fraction of sp³-hybridized carbons (Fsp3) is 0.727. The molecule has 0 aromatic carbocycles. The van der Waals surface area contributed by atoms with Crippen molar-refractivity contribution in [3.8, 4) is 0 Å². The van der Waals surface area contributed by atoms with E-state index in [1.165, 1.54) is 12.0 Å². The lowest BCUT2D eigenvalue weighted by molar-refractivity contribution is -0.146. The molecule has 0 aromatic rings. The van der Waals surface area contributed by atoms with E-state index in [1.807, 2.05) is 0 Å². The molecule has 0 N–H and O–H groups in total. The molecular weight excluding hydrogens is 210 g/mol. The maximum atomic E-state index is 11.6. The van der Waals surface area contributed by atoms with Crippen molar-refractivity contribution in [1.82, 2.24) is 4.90 Å². The van der Waals surface area contributed by atoms with Crippen LogP contribution in [0.15, 0.2) is 0 Å². The summed E-state index contributed by atoms with van der Waals surface area (Å²) in [5.41, 5.74) is -0.387. The average Bonchev–Trinajstić information content (AvgIpc) is 2.77. The van der Waals surface area contributed by atoms with E-state index in [0.29, 0.717) is 32.1 Å². The van der Waals surface area contributed by atoms with Gasteiger partial charge in [-0.3, -0.25) is 19.3 Å². The summed E-state index contributed by atoms with van der Waals surface area (Å²) in [5.74, 6) is -0.465. The summed E-state index contributed by atoms with van der Waals surface area (Å²) in [6, 6.07) is 0. The lowest BCUT2D eigenvalue weighted by Gasteiger charge is -2.29. The van der Waals surface area contributed by atoms with E-state index in [0.717, 1.165) is 0 Å². The van der Waals surface area contributed by atoms with Crippen molar-refractivity contribution < 1.29 is 19.1 Å². The highest BCUT2D eigenvalue weighted by Gasteiger charge is 2.52. The normalized spacial score (nSPS) is 22.4. The number of hydrogen-bond donors (Lipinski definition) is 0. The number of hydrogen-bond acceptors (Lipinski definition) is 4. The summed E-state index contributed by atoms with van der Waals surface area (Å²) in [5, 5.41) is 0. The number of ether oxygens (including phenoxy) is 1. The highest BCUT2D eigenvalue weighted by atomic mass is 16.5. The monoisotopic (exact) mass is 225 g/mol. The molecule has 0 aromatic heterocycles. The summed E-state index contributed by atoms with van der Waals surface area (Å²) in [6.45, 7) is 0. The Labute approximate surface area is 93.7 Å². The second-order valence-electron chi connectivity index (χ2n) is 4.42. The van der Waals surface area contributed by atoms with E-state index >= 15 is 0 Å². The number of methoxy groups -OCH3 is 1. The summed E-state index contributed by atoms with van der Waals surface area (Å²) in [4.78, 5) is 35.6. The van der Waals surface area contributed by atoms with Gasteiger partial charge in [0.05, 0.1) is 12.6 Å². The van der Waals surface area contributed by atoms with Crippen LogP contribution in [0.2, 0.25) is 0 Å². The first-order valence-corrected chi connectivity index (χ1v) is 5.52. The van der Waals surface area contributed by atoms with E-state index in [-0.39, 0.29) is 29.7 Å². The molecule has 0 saturated carbocycles. The molecule has 16 heavy (non-hydrogen) atoms. The summed E-state index contributed by atoms with van der Waals surface area (Å²) in [6.07, 6.45) is 3.04. The number of fused-ring (bicyclic) bond motifs is 1. The fourth-order valence-electron chi connectivity index (χ4n) is 2.72. The van der Waals surface area contributed by atoms with E-state index in [9.17, 15) is 14.4 Å². The Morgan fingerprint density at radius 2 is 1.88 bits per heavy atom. The first-order chi connectivity index (χ1) is 7.59. The molecule has 2 aliphatic heterocycles. The van der Waals surface area contributed by atoms with Gasteiger partial charge in [-0.1, -0.05) is 0 Å². The molecule has 0 atom stereocenters. The van der Waals surface area contributed by atoms with E-state index in [1.54, 1.807) is 0 Å². The van der Waals surface area contributed by atoms with Crippen LogP contribution in [0.1, 0.15) is 38.5 Å². The zero-order valence-corrected chi connectivity index (χ0v) is 9.32. The third-order valence-corrected chi connectivity index (χ3v) is 3.60. The van der Waals surface area contributed by atoms with Crippen molar-refractivity contribution in [2.75, 3.05) is 7.11 Å². The van der Waals surface area contributed by atoms with Crippen molar-refractivity contribution in [1.29, 1.82) is 0 Å². The Morgan fingerprint density at radius 3 is 2.38 bits per heavy atom. The maximum absolute atomic E-state index is 11.6. The minimum absolute atomic E-state index is 0.0904. The highest BCUT2D eigenvalue weighted by Crippen LogP contribution is 2.43. The smallest absolute Gasteiger partial charge is 0.305 e. The van der Waals surface area contributed by atoms with E-state index in [2.05, 4.69) is 4.74 Å². The number of amides is 2. The SMILES string of the molecule is COC(=O)CCC12CCC(=O)N1C(=O)CC2. The van der Waals surface area contributed by atoms with Gasteiger partial charge in [0.25, 0.3) is 0 Å². The fourth-order valence-corrected chi connectivity index (χ4v) is 2.72. The van der Waals surface area contributed by atoms with Crippen molar-refractivity contribution in [2.24, 2.45) is 0 Å². The molecule has 2 saturated heterocycles. The molecule has 0 aliphatic carbocycles. The molecule has 0 radical (unpaired) electrons. The second kappa shape index (κ2) is 3.88. The molecule has 5 heteroatoms. The number of nitrogens with zero attached hydrogens (tertiary/aromatic N) is 1. The molecule has 2 amide bonds. The van der Waals surface area contributed by atoms with Crippen LogP contribution in [0.3, 0.4) is 0 Å². The van der Waals surface area contributed by atoms with Gasteiger partial charge in [-0.05, 0) is 19.3 Å². The standard InChI is InChI=1S/C11H15NO4/c1-16-10(15)4-7-11-5-2-8(13)12(11)9(14)3-6-11/h2-7H2,1H3. The van der Waals surface area contributed by atoms with Gasteiger partial charge in [-0.15, -0.1) is 0 Å². The lowest BCUT2D eigenvalue weighted by atomic mass is 9.89. The second-order valence-corrected chi connectivity index (χ2v) is 4.42. The number of esters is 1. The van der Waals surface area contributed by atoms with Crippen LogP contribution in [-0.4, -0.2) is 35.3 Å². The Bertz CT molecular complexity index is 330. The Morgan fingerprint density at radius 1 is 1.31 bits per heavy atom. The van der Waals surface area contributed by atoms with Crippen molar-refractivity contribution in [2.45, 2.75) is 44.1 Å². The molecule has 88 valence electrons. The summed E-state index contributed by atoms with van der Waals surface area (Å²) < 4.78 is 4.58. The van der Waals surface area contributed by atoms with Crippen molar-refractivity contribution in [3.63, 3.8) is 0 Å². The molecule has 2 aliphatic rings. The minimum atomic E-state index is -0.387. The van der Waals surface area contributed by atoms with Crippen LogP contribution in [0.25, 0.3) is 0 Å². The number of rotatable bonds is 3. The van der Waals surface area contributed by atoms with Crippen LogP contribution in [0.5, 0.6) is 0 Å². The van der Waals surface area contributed by atoms with Gasteiger partial charge < -0.3 is 4.74 Å². The Hall–Kier alpha value is -1.39. The Balaban J connectivity index is 2.09. The molecule has 2 fully saturated rings. The van der Waals surface area contributed by atoms with Crippen molar-refractivity contribution >= 4 is 17.8 Å². The highest BCUT2D eigenvalue weighted by molar-refractivity contribution is 6.00. The topological polar surface area (TPSA) is 63.7 Å². The molecule has 0 spiro atoms. The number of imide groups is 1. The summed E-state index contributed by atoms with van der Waals surface area (Å²) in [7, 11) is 1.34. The molecule has 2 rings (SSSR count). The number of carbonyl (C=O) groups excluding carboxylic acids is 3. The van der Waals surface area contributed by atoms with Crippen LogP contribution in [0.4, 0.5) is 0 Å². The largest absolute Gasteiger partial charge is 0.469 e. The minimum Gasteiger partial charge on any atom is -0.469 e.